The second-order valence-corrected chi connectivity index (χ2v) is 26.0. The van der Waals surface area contributed by atoms with Gasteiger partial charge in [0.1, 0.15) is 65.9 Å². The SMILES string of the molecule is C[C@@H]1NC(=O)[C@H](CC(N)=O)NC(=O)[C@@H]2Cc3ccccc3CN2C(=O)[C@H](CCCNC(=N)N)NC(=O)[C@@H](Cc2ccccc2)NC(=O)[C@H](Cc2cnc[nH]2)NC(=O)[C@@H](NC(=O)[C@@H](N)Cc2ccc(O)cc2)CC(=O)N([C@@H](Cc2ccc(O)cc2)C(N)=O)C(C)(C(=O)O)NC(=O)[C@H](Cc2ccccc2)NC1=O. The zero-order valence-corrected chi connectivity index (χ0v) is 57.9. The number of amides is 12. The monoisotopic (exact) mass is 1460 g/mol. The van der Waals surface area contributed by atoms with E-state index in [0.717, 1.165) is 18.7 Å². The third-order valence-electron chi connectivity index (χ3n) is 17.9. The minimum atomic E-state index is -3.18. The fourth-order valence-corrected chi connectivity index (χ4v) is 12.3. The number of aliphatic carboxylic acids is 1. The molecule has 11 atom stereocenters. The maximum Gasteiger partial charge on any atom is 0.350 e. The van der Waals surface area contributed by atoms with E-state index in [2.05, 4.69) is 57.8 Å². The van der Waals surface area contributed by atoms with Gasteiger partial charge in [0, 0.05) is 57.1 Å². The molecular weight excluding hydrogens is 1370 g/mol. The minimum Gasteiger partial charge on any atom is -0.508 e. The van der Waals surface area contributed by atoms with Crippen LogP contribution in [0, 0.1) is 5.41 Å². The Labute approximate surface area is 607 Å². The molecule has 2 aliphatic heterocycles. The maximum absolute atomic E-state index is 15.9. The molecule has 106 heavy (non-hydrogen) atoms. The highest BCUT2D eigenvalue weighted by molar-refractivity contribution is 6.02. The van der Waals surface area contributed by atoms with E-state index < -0.39 is 181 Å². The van der Waals surface area contributed by atoms with Crippen LogP contribution in [0.3, 0.4) is 0 Å². The molecule has 2 aliphatic rings. The lowest BCUT2D eigenvalue weighted by Crippen LogP contribution is -2.72. The molecule has 34 heteroatoms. The van der Waals surface area contributed by atoms with Crippen molar-refractivity contribution in [3.05, 3.63) is 185 Å². The van der Waals surface area contributed by atoms with Crippen LogP contribution in [0.25, 0.3) is 0 Å². The number of aromatic hydroxyl groups is 2. The number of fused-ring (bicyclic) bond motifs is 2. The minimum absolute atomic E-state index is 0.0119. The molecule has 1 aromatic heterocycles. The maximum atomic E-state index is 15.9. The van der Waals surface area contributed by atoms with Crippen molar-refractivity contribution in [2.75, 3.05) is 6.54 Å². The predicted molar refractivity (Wildman–Crippen MR) is 379 cm³/mol. The summed E-state index contributed by atoms with van der Waals surface area (Å²) in [5.74, 6) is -17.1. The van der Waals surface area contributed by atoms with Crippen LogP contribution in [0.1, 0.15) is 78.6 Å². The van der Waals surface area contributed by atoms with E-state index in [9.17, 15) is 44.1 Å². The molecule has 22 N–H and O–H groups in total. The summed E-state index contributed by atoms with van der Waals surface area (Å²) in [5, 5.41) is 62.5. The Balaban J connectivity index is 1.30. The highest BCUT2D eigenvalue weighted by Crippen LogP contribution is 2.28. The zero-order chi connectivity index (χ0) is 76.9. The number of aromatic nitrogens is 2. The molecule has 6 aromatic rings. The number of nitrogens with zero attached hydrogens (tertiary/aromatic N) is 3. The topological polar surface area (TPSA) is 554 Å². The van der Waals surface area contributed by atoms with E-state index in [4.69, 9.17) is 28.3 Å². The second-order valence-electron chi connectivity index (χ2n) is 26.0. The number of primary amides is 2. The van der Waals surface area contributed by atoms with Crippen molar-refractivity contribution in [1.29, 1.82) is 5.41 Å². The number of nitrogens with two attached hydrogens (primary N) is 4. The summed E-state index contributed by atoms with van der Waals surface area (Å²) in [7, 11) is 0. The summed E-state index contributed by atoms with van der Waals surface area (Å²) in [6, 6.07) is 15.5. The van der Waals surface area contributed by atoms with Gasteiger partial charge in [0.15, 0.2) is 5.96 Å². The molecule has 1 fully saturated rings. The van der Waals surface area contributed by atoms with E-state index in [-0.39, 0.29) is 68.0 Å². The third kappa shape index (κ3) is 21.7. The Hall–Kier alpha value is -12.8. The number of aromatic amines is 1. The van der Waals surface area contributed by atoms with Crippen LogP contribution in [0.15, 0.2) is 146 Å². The van der Waals surface area contributed by atoms with Crippen molar-refractivity contribution < 1.29 is 77.6 Å². The van der Waals surface area contributed by atoms with E-state index in [1.807, 2.05) is 0 Å². The highest BCUT2D eigenvalue weighted by Gasteiger charge is 2.51. The molecule has 34 nitrogen and oxygen atoms in total. The molecule has 1 unspecified atom stereocenters. The number of carboxylic acids is 1. The number of benzene rings is 5. The first-order chi connectivity index (χ1) is 50.5. The van der Waals surface area contributed by atoms with Gasteiger partial charge in [0.2, 0.25) is 76.5 Å². The van der Waals surface area contributed by atoms with Crippen molar-refractivity contribution in [1.82, 2.24) is 67.6 Å². The third-order valence-corrected chi connectivity index (χ3v) is 17.9. The first-order valence-corrected chi connectivity index (χ1v) is 33.9. The smallest absolute Gasteiger partial charge is 0.350 e. The Morgan fingerprint density at radius 1 is 0.613 bits per heavy atom. The zero-order valence-electron chi connectivity index (χ0n) is 57.9. The van der Waals surface area contributed by atoms with Crippen molar-refractivity contribution in [3.63, 3.8) is 0 Å². The lowest BCUT2D eigenvalue weighted by Gasteiger charge is -2.43. The number of carbonyl (C=O) groups is 13. The van der Waals surface area contributed by atoms with Gasteiger partial charge in [-0.3, -0.25) is 67.8 Å². The Bertz CT molecular complexity index is 4190. The number of imidazole rings is 1. The molecule has 3 heterocycles. The van der Waals surface area contributed by atoms with Gasteiger partial charge < -0.3 is 96.0 Å². The van der Waals surface area contributed by atoms with Gasteiger partial charge in [-0.25, -0.2) is 9.78 Å². The molecule has 560 valence electrons. The second kappa shape index (κ2) is 36.4. The molecule has 0 bridgehead atoms. The standard InChI is InChI=1S/C72H86N18O16/c1-39-61(96)83-52(30-41-14-7-4-8-15-41)67(102)88-72(2,70(105)106)90(56(60(75)95)31-43-21-25-48(92)26-22-43)59(94)35-55(84-62(97)49(73)28-42-19-23-47(91)24-20-42)66(101)86-53(33-46-36-78-38-80-46)65(100)85-51(29-40-12-5-3-6-13-40)64(99)82-50(18-11-27-79-71(76)77)69(104)89-37-45-17-10-9-16-44(45)32-57(89)68(103)87-54(34-58(74)93)63(98)81-39/h3-10,12-17,19-26,36,38-39,49-57,91-92H,11,18,27-35,37,73H2,1-2H3,(H2,74,93)(H2,75,95)(H,78,80)(H,81,98)(H,82,99)(H,83,96)(H,84,97)(H,85,100)(H,86,101)(H,87,103)(H,88,102)(H,105,106)(H4,76,77,79)/t39-,49-,50-,51+,52-,53-,54-,55-,56-,57-,72?/m0/s1. The summed E-state index contributed by atoms with van der Waals surface area (Å²) >= 11 is 0. The van der Waals surface area contributed by atoms with Gasteiger partial charge in [0.25, 0.3) is 0 Å². The average molecular weight is 1460 g/mol. The quantitative estimate of drug-likeness (QED) is 0.0196. The molecule has 8 rings (SSSR count). The van der Waals surface area contributed by atoms with Crippen LogP contribution >= 0.6 is 0 Å². The van der Waals surface area contributed by atoms with Crippen LogP contribution in [0.4, 0.5) is 0 Å². The van der Waals surface area contributed by atoms with Gasteiger partial charge in [-0.1, -0.05) is 109 Å². The fourth-order valence-electron chi connectivity index (χ4n) is 12.3. The van der Waals surface area contributed by atoms with Crippen molar-refractivity contribution >= 4 is 82.8 Å². The number of nitrogens with one attached hydrogen (secondary N) is 11. The molecule has 5 aromatic carbocycles. The molecule has 1 saturated heterocycles. The number of carbonyl (C=O) groups excluding carboxylic acids is 12. The first kappa shape index (κ1) is 79.0. The molecule has 0 spiro atoms. The van der Waals surface area contributed by atoms with Gasteiger partial charge in [-0.05, 0) is 90.8 Å². The summed E-state index contributed by atoms with van der Waals surface area (Å²) in [6.07, 6.45) is -2.23. The Morgan fingerprint density at radius 2 is 1.13 bits per heavy atom. The fraction of sp³-hybridized carbons (Fsp3) is 0.347. The Kier molecular flexibility index (Phi) is 27.1. The van der Waals surface area contributed by atoms with Crippen LogP contribution in [0.2, 0.25) is 0 Å². The van der Waals surface area contributed by atoms with E-state index in [0.29, 0.717) is 32.7 Å². The van der Waals surface area contributed by atoms with Gasteiger partial charge in [0.05, 0.1) is 25.2 Å². The van der Waals surface area contributed by atoms with E-state index in [1.165, 1.54) is 61.1 Å². The number of guanidine groups is 1. The number of hydrogen-bond acceptors (Lipinski definition) is 18. The van der Waals surface area contributed by atoms with E-state index in [1.54, 1.807) is 84.9 Å². The molecular formula is C72H86N18O16. The number of hydrogen-bond donors (Lipinski definition) is 18. The van der Waals surface area contributed by atoms with Crippen LogP contribution in [-0.4, -0.2) is 191 Å². The van der Waals surface area contributed by atoms with Crippen molar-refractivity contribution in [3.8, 4) is 11.5 Å². The number of carboxylic acid groups (broad SMARTS) is 1. The number of H-pyrrole nitrogens is 1. The van der Waals surface area contributed by atoms with E-state index >= 15 is 33.6 Å². The molecule has 0 aliphatic carbocycles. The lowest BCUT2D eigenvalue weighted by molar-refractivity contribution is -0.168. The summed E-state index contributed by atoms with van der Waals surface area (Å²) in [4.78, 5) is 201. The summed E-state index contributed by atoms with van der Waals surface area (Å²) in [5.41, 5.74) is 23.4. The normalized spacial score (nSPS) is 22.4. The highest BCUT2D eigenvalue weighted by atomic mass is 16.4. The van der Waals surface area contributed by atoms with Crippen LogP contribution in [-0.2, 0) is 107 Å². The summed E-state index contributed by atoms with van der Waals surface area (Å²) < 4.78 is 0. The molecule has 0 radical (unpaired) electrons. The number of rotatable bonds is 21. The lowest BCUT2D eigenvalue weighted by atomic mass is 9.92. The van der Waals surface area contributed by atoms with Crippen molar-refractivity contribution in [2.45, 2.75) is 151 Å². The first-order valence-electron chi connectivity index (χ1n) is 33.9. The largest absolute Gasteiger partial charge is 0.508 e. The Morgan fingerprint density at radius 3 is 1.69 bits per heavy atom. The van der Waals surface area contributed by atoms with Gasteiger partial charge in [-0.15, -0.1) is 0 Å². The van der Waals surface area contributed by atoms with Crippen molar-refractivity contribution in [2.24, 2.45) is 22.9 Å². The van der Waals surface area contributed by atoms with Crippen LogP contribution in [0.5, 0.6) is 11.5 Å². The van der Waals surface area contributed by atoms with Gasteiger partial charge in [-0.2, -0.15) is 0 Å². The number of phenolic OH excluding ortho intramolecular Hbond substituents is 2. The predicted octanol–water partition coefficient (Wildman–Crippen LogP) is -2.83. The summed E-state index contributed by atoms with van der Waals surface area (Å²) in [6.45, 7) is 1.67. The average Bonchev–Trinajstić information content (AvgIpc) is 0.826. The van der Waals surface area contributed by atoms with Crippen LogP contribution < -0.4 is 70.8 Å². The number of phenols is 2. The molecule has 12 amide bonds. The molecule has 0 saturated carbocycles. The van der Waals surface area contributed by atoms with Gasteiger partial charge >= 0.3 is 5.97 Å².